The molecule has 0 radical (unpaired) electrons. The van der Waals surface area contributed by atoms with E-state index < -0.39 is 0 Å². The number of nitrogens with one attached hydrogen (secondary N) is 1. The minimum absolute atomic E-state index is 0.268. The summed E-state index contributed by atoms with van der Waals surface area (Å²) in [5, 5.41) is 3.49. The van der Waals surface area contributed by atoms with Crippen molar-refractivity contribution in [2.24, 2.45) is 5.73 Å². The van der Waals surface area contributed by atoms with Gasteiger partial charge in [0.1, 0.15) is 11.6 Å². The van der Waals surface area contributed by atoms with Gasteiger partial charge in [0.2, 0.25) is 0 Å². The van der Waals surface area contributed by atoms with Crippen LogP contribution >= 0.6 is 27.5 Å². The highest BCUT2D eigenvalue weighted by atomic mass is 79.9. The maximum atomic E-state index is 13.1. The first-order valence-electron chi connectivity index (χ1n) is 5.27. The van der Waals surface area contributed by atoms with Crippen LogP contribution in [-0.4, -0.2) is 6.54 Å². The molecule has 0 fully saturated rings. The Morgan fingerprint density at radius 3 is 2.78 bits per heavy atom. The lowest BCUT2D eigenvalue weighted by Crippen LogP contribution is -2.20. The monoisotopic (exact) mass is 332 g/mol. The lowest BCUT2D eigenvalue weighted by Gasteiger charge is -2.16. The van der Waals surface area contributed by atoms with Gasteiger partial charge in [-0.25, -0.2) is 4.39 Å². The largest absolute Gasteiger partial charge is 0.452 e. The van der Waals surface area contributed by atoms with Gasteiger partial charge in [0.05, 0.1) is 16.8 Å². The van der Waals surface area contributed by atoms with E-state index in [2.05, 4.69) is 21.2 Å². The van der Waals surface area contributed by atoms with Crippen LogP contribution in [0.3, 0.4) is 0 Å². The second-order valence-corrected chi connectivity index (χ2v) is 4.89. The van der Waals surface area contributed by atoms with Gasteiger partial charge in [-0.3, -0.25) is 0 Å². The third-order valence-electron chi connectivity index (χ3n) is 2.43. The summed E-state index contributed by atoms with van der Waals surface area (Å²) in [4.78, 5) is 0. The van der Waals surface area contributed by atoms with Crippen LogP contribution in [0, 0.1) is 5.82 Å². The summed E-state index contributed by atoms with van der Waals surface area (Å²) in [6.45, 7) is 0.298. The molecule has 0 amide bonds. The highest BCUT2D eigenvalue weighted by molar-refractivity contribution is 9.10. The third kappa shape index (κ3) is 3.04. The van der Waals surface area contributed by atoms with Gasteiger partial charge in [-0.2, -0.15) is 0 Å². The van der Waals surface area contributed by atoms with Gasteiger partial charge in [-0.1, -0.05) is 11.6 Å². The van der Waals surface area contributed by atoms with E-state index in [1.807, 2.05) is 0 Å². The fourth-order valence-electron chi connectivity index (χ4n) is 1.56. The number of anilines is 1. The summed E-state index contributed by atoms with van der Waals surface area (Å²) in [7, 11) is 0. The summed E-state index contributed by atoms with van der Waals surface area (Å²) in [5.41, 5.74) is 6.16. The number of benzene rings is 1. The number of hydrogen-bond acceptors (Lipinski definition) is 3. The molecular weight excluding hydrogens is 322 g/mol. The molecule has 2 rings (SSSR count). The lowest BCUT2D eigenvalue weighted by atomic mass is 10.2. The van der Waals surface area contributed by atoms with Crippen molar-refractivity contribution in [2.75, 3.05) is 11.9 Å². The van der Waals surface area contributed by atoms with Crippen LogP contribution in [0.2, 0.25) is 5.02 Å². The van der Waals surface area contributed by atoms with Crippen LogP contribution in [0.15, 0.2) is 39.4 Å². The average molecular weight is 334 g/mol. The zero-order valence-corrected chi connectivity index (χ0v) is 11.6. The first kappa shape index (κ1) is 13.4. The molecule has 0 saturated carbocycles. The molecule has 0 spiro atoms. The zero-order chi connectivity index (χ0) is 13.1. The number of halogens is 3. The first-order chi connectivity index (χ1) is 8.60. The SMILES string of the molecule is NCC(Nc1cc(F)ccc1Cl)c1ccc(Br)o1. The summed E-state index contributed by atoms with van der Waals surface area (Å²) in [6.07, 6.45) is 0. The van der Waals surface area contributed by atoms with E-state index in [1.165, 1.54) is 18.2 Å². The van der Waals surface area contributed by atoms with Crippen LogP contribution < -0.4 is 11.1 Å². The Labute approximate surface area is 117 Å². The van der Waals surface area contributed by atoms with Crippen LogP contribution in [0.5, 0.6) is 0 Å². The Morgan fingerprint density at radius 2 is 2.17 bits per heavy atom. The van der Waals surface area contributed by atoms with Crippen molar-refractivity contribution in [1.82, 2.24) is 0 Å². The Kier molecular flexibility index (Phi) is 4.27. The molecule has 1 heterocycles. The summed E-state index contributed by atoms with van der Waals surface area (Å²) in [5.74, 6) is 0.294. The lowest BCUT2D eigenvalue weighted by molar-refractivity contribution is 0.463. The second-order valence-electron chi connectivity index (χ2n) is 3.70. The van der Waals surface area contributed by atoms with Crippen molar-refractivity contribution in [3.05, 3.63) is 51.6 Å². The molecule has 18 heavy (non-hydrogen) atoms. The number of hydrogen-bond donors (Lipinski definition) is 2. The molecule has 2 aromatic rings. The van der Waals surface area contributed by atoms with E-state index in [-0.39, 0.29) is 11.9 Å². The minimum Gasteiger partial charge on any atom is -0.452 e. The van der Waals surface area contributed by atoms with Crippen molar-refractivity contribution in [1.29, 1.82) is 0 Å². The van der Waals surface area contributed by atoms with E-state index >= 15 is 0 Å². The standard InChI is InChI=1S/C12H11BrClFN2O/c13-12-4-3-11(18-12)10(6-16)17-9-5-7(15)1-2-8(9)14/h1-5,10,17H,6,16H2. The van der Waals surface area contributed by atoms with Gasteiger partial charge in [0.25, 0.3) is 0 Å². The maximum absolute atomic E-state index is 13.1. The Balaban J connectivity index is 2.22. The number of rotatable bonds is 4. The van der Waals surface area contributed by atoms with Crippen molar-refractivity contribution in [3.63, 3.8) is 0 Å². The molecule has 6 heteroatoms. The molecule has 1 atom stereocenters. The van der Waals surface area contributed by atoms with Gasteiger partial charge in [0.15, 0.2) is 4.67 Å². The summed E-state index contributed by atoms with van der Waals surface area (Å²) in [6, 6.07) is 7.41. The van der Waals surface area contributed by atoms with Gasteiger partial charge < -0.3 is 15.5 Å². The van der Waals surface area contributed by atoms with E-state index in [0.717, 1.165) is 0 Å². The third-order valence-corrected chi connectivity index (χ3v) is 3.19. The van der Waals surface area contributed by atoms with Crippen molar-refractivity contribution < 1.29 is 8.81 Å². The highest BCUT2D eigenvalue weighted by Crippen LogP contribution is 2.28. The molecule has 3 N–H and O–H groups in total. The molecule has 0 aliphatic carbocycles. The summed E-state index contributed by atoms with van der Waals surface area (Å²) >= 11 is 9.20. The van der Waals surface area contributed by atoms with Crippen molar-refractivity contribution in [3.8, 4) is 0 Å². The fourth-order valence-corrected chi connectivity index (χ4v) is 2.05. The molecule has 0 saturated heterocycles. The summed E-state index contributed by atoms with van der Waals surface area (Å²) < 4.78 is 19.2. The van der Waals surface area contributed by atoms with Gasteiger partial charge in [0, 0.05) is 6.54 Å². The Morgan fingerprint density at radius 1 is 1.39 bits per heavy atom. The average Bonchev–Trinajstić information content (AvgIpc) is 2.77. The minimum atomic E-state index is -0.363. The quantitative estimate of drug-likeness (QED) is 0.891. The predicted octanol–water partition coefficient (Wildman–Crippen LogP) is 3.95. The number of nitrogens with two attached hydrogens (primary N) is 1. The predicted molar refractivity (Wildman–Crippen MR) is 73.2 cm³/mol. The molecule has 1 aromatic carbocycles. The van der Waals surface area contributed by atoms with Gasteiger partial charge >= 0.3 is 0 Å². The molecule has 96 valence electrons. The molecule has 1 aromatic heterocycles. The van der Waals surface area contributed by atoms with Gasteiger partial charge in [-0.15, -0.1) is 0 Å². The van der Waals surface area contributed by atoms with E-state index in [9.17, 15) is 4.39 Å². The highest BCUT2D eigenvalue weighted by Gasteiger charge is 2.15. The van der Waals surface area contributed by atoms with Crippen molar-refractivity contribution >= 4 is 33.2 Å². The van der Waals surface area contributed by atoms with Crippen LogP contribution in [0.4, 0.5) is 10.1 Å². The van der Waals surface area contributed by atoms with Crippen LogP contribution in [-0.2, 0) is 0 Å². The van der Waals surface area contributed by atoms with Crippen molar-refractivity contribution in [2.45, 2.75) is 6.04 Å². The molecule has 0 aliphatic rings. The van der Waals surface area contributed by atoms with Crippen LogP contribution in [0.1, 0.15) is 11.8 Å². The smallest absolute Gasteiger partial charge is 0.169 e. The molecule has 0 aliphatic heterocycles. The first-order valence-corrected chi connectivity index (χ1v) is 6.44. The van der Waals surface area contributed by atoms with Gasteiger partial charge in [-0.05, 0) is 46.3 Å². The molecule has 0 bridgehead atoms. The normalized spacial score (nSPS) is 12.4. The Hall–Kier alpha value is -1.04. The molecular formula is C12H11BrClFN2O. The zero-order valence-electron chi connectivity index (χ0n) is 9.29. The van der Waals surface area contributed by atoms with E-state index in [4.69, 9.17) is 21.8 Å². The second kappa shape index (κ2) is 5.73. The van der Waals surface area contributed by atoms with E-state index in [0.29, 0.717) is 27.7 Å². The molecule has 3 nitrogen and oxygen atoms in total. The fraction of sp³-hybridized carbons (Fsp3) is 0.167. The van der Waals surface area contributed by atoms with Crippen LogP contribution in [0.25, 0.3) is 0 Å². The maximum Gasteiger partial charge on any atom is 0.169 e. The van der Waals surface area contributed by atoms with E-state index in [1.54, 1.807) is 12.1 Å². The molecule has 1 unspecified atom stereocenters. The Bertz CT molecular complexity index is 547. The number of furan rings is 1. The topological polar surface area (TPSA) is 51.2 Å².